The zero-order chi connectivity index (χ0) is 16.4. The van der Waals surface area contributed by atoms with E-state index in [4.69, 9.17) is 0 Å². The van der Waals surface area contributed by atoms with Crippen molar-refractivity contribution in [2.45, 2.75) is 19.8 Å². The maximum Gasteiger partial charge on any atom is 0.186 e. The van der Waals surface area contributed by atoms with Gasteiger partial charge in [-0.2, -0.15) is 10.4 Å². The van der Waals surface area contributed by atoms with Crippen molar-refractivity contribution >= 4 is 17.1 Å². The Kier molecular flexibility index (Phi) is 4.00. The van der Waals surface area contributed by atoms with E-state index in [9.17, 15) is 10.1 Å². The number of nitrogens with zero attached hydrogens (tertiary/aromatic N) is 5. The van der Waals surface area contributed by atoms with Crippen LogP contribution in [0.5, 0.6) is 0 Å². The number of thiazole rings is 1. The Balaban J connectivity index is 1.93. The summed E-state index contributed by atoms with van der Waals surface area (Å²) >= 11 is 1.33. The number of hydrogen-bond acceptors (Lipinski definition) is 6. The van der Waals surface area contributed by atoms with Crippen LogP contribution in [0.2, 0.25) is 0 Å². The predicted octanol–water partition coefficient (Wildman–Crippen LogP) is 2.83. The highest BCUT2D eigenvalue weighted by Gasteiger charge is 2.25. The minimum atomic E-state index is -0.870. The van der Waals surface area contributed by atoms with Crippen molar-refractivity contribution in [1.82, 2.24) is 19.7 Å². The van der Waals surface area contributed by atoms with Gasteiger partial charge in [0.05, 0.1) is 11.8 Å². The molecule has 1 atom stereocenters. The first-order valence-electron chi connectivity index (χ1n) is 6.91. The van der Waals surface area contributed by atoms with Crippen molar-refractivity contribution in [2.24, 2.45) is 0 Å². The molecule has 0 N–H and O–H groups in total. The molecule has 2 heterocycles. The molecule has 1 aromatic carbocycles. The summed E-state index contributed by atoms with van der Waals surface area (Å²) in [5.74, 6) is -1.11. The third kappa shape index (κ3) is 2.89. The van der Waals surface area contributed by atoms with Crippen LogP contribution in [0, 0.1) is 25.2 Å². The number of benzene rings is 1. The van der Waals surface area contributed by atoms with Crippen LogP contribution in [-0.4, -0.2) is 25.5 Å². The van der Waals surface area contributed by atoms with Crippen molar-refractivity contribution in [3.8, 4) is 11.8 Å². The molecule has 0 amide bonds. The highest BCUT2D eigenvalue weighted by Crippen LogP contribution is 2.25. The van der Waals surface area contributed by atoms with E-state index in [1.165, 1.54) is 17.7 Å². The van der Waals surface area contributed by atoms with Gasteiger partial charge in [-0.15, -0.1) is 11.3 Å². The van der Waals surface area contributed by atoms with E-state index >= 15 is 0 Å². The highest BCUT2D eigenvalue weighted by molar-refractivity contribution is 7.10. The van der Waals surface area contributed by atoms with Gasteiger partial charge in [0, 0.05) is 16.6 Å². The Bertz CT molecular complexity index is 892. The zero-order valence-corrected chi connectivity index (χ0v) is 13.4. The summed E-state index contributed by atoms with van der Waals surface area (Å²) in [5, 5.41) is 15.8. The van der Waals surface area contributed by atoms with E-state index in [-0.39, 0.29) is 5.78 Å². The fourth-order valence-corrected chi connectivity index (χ4v) is 3.13. The molecule has 0 saturated heterocycles. The minimum absolute atomic E-state index is 0.241. The molecular formula is C16H13N5OS. The topological polar surface area (TPSA) is 84.5 Å². The molecule has 7 heteroatoms. The first kappa shape index (κ1) is 15.1. The molecule has 6 nitrogen and oxygen atoms in total. The molecule has 0 radical (unpaired) electrons. The Morgan fingerprint density at radius 3 is 2.78 bits per heavy atom. The lowest BCUT2D eigenvalue weighted by Gasteiger charge is -2.09. The molecule has 0 fully saturated rings. The SMILES string of the molecule is Cc1csc(C(C#N)C(=O)c2ccc(-n3cncn3)c(C)c2)n1. The third-order valence-corrected chi connectivity index (χ3v) is 4.45. The zero-order valence-electron chi connectivity index (χ0n) is 12.6. The Labute approximate surface area is 137 Å². The minimum Gasteiger partial charge on any atom is -0.292 e. The summed E-state index contributed by atoms with van der Waals surface area (Å²) in [6.45, 7) is 3.73. The fourth-order valence-electron chi connectivity index (χ4n) is 2.30. The van der Waals surface area contributed by atoms with Crippen LogP contribution in [0.15, 0.2) is 36.2 Å². The monoisotopic (exact) mass is 323 g/mol. The number of carbonyl (C=O) groups is 1. The molecule has 0 aliphatic rings. The van der Waals surface area contributed by atoms with Gasteiger partial charge in [-0.1, -0.05) is 0 Å². The normalized spacial score (nSPS) is 11.9. The largest absolute Gasteiger partial charge is 0.292 e. The van der Waals surface area contributed by atoms with Crippen molar-refractivity contribution in [3.63, 3.8) is 0 Å². The molecule has 3 aromatic rings. The van der Waals surface area contributed by atoms with Crippen molar-refractivity contribution in [2.75, 3.05) is 0 Å². The van der Waals surface area contributed by atoms with Gasteiger partial charge in [0.1, 0.15) is 17.7 Å². The summed E-state index contributed by atoms with van der Waals surface area (Å²) in [5.41, 5.74) is 3.03. The van der Waals surface area contributed by atoms with E-state index in [1.807, 2.05) is 19.2 Å². The molecule has 2 aromatic heterocycles. The number of aryl methyl sites for hydroxylation is 2. The summed E-state index contributed by atoms with van der Waals surface area (Å²) in [7, 11) is 0. The summed E-state index contributed by atoms with van der Waals surface area (Å²) in [6.07, 6.45) is 3.05. The van der Waals surface area contributed by atoms with Gasteiger partial charge in [-0.05, 0) is 37.6 Å². The number of Topliss-reactive ketones (excluding diaryl/α,β-unsaturated/α-hetero) is 1. The molecule has 0 bridgehead atoms. The molecule has 23 heavy (non-hydrogen) atoms. The fraction of sp³-hybridized carbons (Fsp3) is 0.188. The summed E-state index contributed by atoms with van der Waals surface area (Å²) < 4.78 is 1.63. The van der Waals surface area contributed by atoms with E-state index < -0.39 is 5.92 Å². The molecule has 0 saturated carbocycles. The third-order valence-electron chi connectivity index (χ3n) is 3.42. The van der Waals surface area contributed by atoms with Gasteiger partial charge in [0.2, 0.25) is 0 Å². The summed E-state index contributed by atoms with van der Waals surface area (Å²) in [4.78, 5) is 20.8. The lowest BCUT2D eigenvalue weighted by Crippen LogP contribution is -2.12. The van der Waals surface area contributed by atoms with Gasteiger partial charge in [0.15, 0.2) is 11.7 Å². The number of carbonyl (C=O) groups excluding carboxylic acids is 1. The van der Waals surface area contributed by atoms with E-state index in [1.54, 1.807) is 29.2 Å². The second-order valence-corrected chi connectivity index (χ2v) is 5.98. The van der Waals surface area contributed by atoms with Gasteiger partial charge >= 0.3 is 0 Å². The summed E-state index contributed by atoms with van der Waals surface area (Å²) in [6, 6.07) is 7.34. The highest BCUT2D eigenvalue weighted by atomic mass is 32.1. The molecule has 0 spiro atoms. The van der Waals surface area contributed by atoms with Crippen LogP contribution in [0.25, 0.3) is 5.69 Å². The molecular weight excluding hydrogens is 310 g/mol. The quantitative estimate of drug-likeness (QED) is 0.689. The van der Waals surface area contributed by atoms with Crippen molar-refractivity contribution in [1.29, 1.82) is 5.26 Å². The van der Waals surface area contributed by atoms with Crippen LogP contribution in [0.3, 0.4) is 0 Å². The molecule has 0 aliphatic heterocycles. The van der Waals surface area contributed by atoms with Gasteiger partial charge in [-0.3, -0.25) is 4.79 Å². The van der Waals surface area contributed by atoms with Crippen LogP contribution >= 0.6 is 11.3 Å². The number of ketones is 1. The molecule has 0 aliphatic carbocycles. The van der Waals surface area contributed by atoms with Crippen molar-refractivity contribution in [3.05, 3.63) is 58.1 Å². The van der Waals surface area contributed by atoms with E-state index in [2.05, 4.69) is 21.1 Å². The van der Waals surface area contributed by atoms with Crippen LogP contribution in [0.1, 0.15) is 32.5 Å². The number of hydrogen-bond donors (Lipinski definition) is 0. The lowest BCUT2D eigenvalue weighted by molar-refractivity contribution is 0.0978. The van der Waals surface area contributed by atoms with E-state index in [0.717, 1.165) is 16.9 Å². The number of aromatic nitrogens is 4. The maximum atomic E-state index is 12.6. The molecule has 1 unspecified atom stereocenters. The van der Waals surface area contributed by atoms with Gasteiger partial charge in [-0.25, -0.2) is 14.6 Å². The van der Waals surface area contributed by atoms with Gasteiger partial charge < -0.3 is 0 Å². The second kappa shape index (κ2) is 6.10. The lowest BCUT2D eigenvalue weighted by atomic mass is 9.97. The predicted molar refractivity (Wildman–Crippen MR) is 85.6 cm³/mol. The average Bonchev–Trinajstić information content (AvgIpc) is 3.20. The standard InChI is InChI=1S/C16H13N5OS/c1-10-5-12(3-4-14(10)21-9-18-8-19-21)15(22)13(6-17)16-20-11(2)7-23-16/h3-5,7-9,13H,1-2H3. The first-order chi connectivity index (χ1) is 11.1. The smallest absolute Gasteiger partial charge is 0.186 e. The Morgan fingerprint density at radius 1 is 1.39 bits per heavy atom. The first-order valence-corrected chi connectivity index (χ1v) is 7.79. The van der Waals surface area contributed by atoms with Gasteiger partial charge in [0.25, 0.3) is 0 Å². The van der Waals surface area contributed by atoms with Crippen LogP contribution in [0.4, 0.5) is 0 Å². The van der Waals surface area contributed by atoms with E-state index in [0.29, 0.717) is 10.6 Å². The Hall–Kier alpha value is -2.85. The Morgan fingerprint density at radius 2 is 2.22 bits per heavy atom. The average molecular weight is 323 g/mol. The van der Waals surface area contributed by atoms with Crippen LogP contribution in [-0.2, 0) is 0 Å². The number of rotatable bonds is 4. The molecule has 3 rings (SSSR count). The number of nitriles is 1. The van der Waals surface area contributed by atoms with Crippen LogP contribution < -0.4 is 0 Å². The second-order valence-electron chi connectivity index (χ2n) is 5.09. The maximum absolute atomic E-state index is 12.6. The molecule has 114 valence electrons. The van der Waals surface area contributed by atoms with Crippen molar-refractivity contribution < 1.29 is 4.79 Å².